The normalized spacial score (nSPS) is 28.0. The van der Waals surface area contributed by atoms with Crippen LogP contribution in [0.4, 0.5) is 0 Å². The van der Waals surface area contributed by atoms with Crippen molar-refractivity contribution >= 4 is 22.5 Å². The molecule has 7 rings (SSSR count). The fourth-order valence-electron chi connectivity index (χ4n) is 7.16. The number of phenols is 1. The van der Waals surface area contributed by atoms with Crippen LogP contribution in [0.15, 0.2) is 68.9 Å². The molecule has 6 atom stereocenters. The van der Waals surface area contributed by atoms with Gasteiger partial charge in [-0.25, -0.2) is 0 Å². The maximum Gasteiger partial charge on any atom is 0.202 e. The van der Waals surface area contributed by atoms with Gasteiger partial charge in [-0.05, 0) is 62.9 Å². The minimum Gasteiger partial charge on any atom is -0.507 e. The summed E-state index contributed by atoms with van der Waals surface area (Å²) < 4.78 is 24.5. The standard InChI is InChI=1S/C36H33N3O8/c1-17-13-23-29(33-27(17)24(40)14-26(46-33)36(5)19(3)47-36)32(43)28-22(30(23)41)12-11-21(31(28)42)25-15-35(4,38-39-37)34(18(2)45-25)44-16-20-9-7-6-8-10-20/h6-14,18-19,25,34,42H,15-16H2,1-5H3/t18-,19-,25+,34+,35?,36+/m0/s1. The van der Waals surface area contributed by atoms with Crippen LogP contribution in [0.2, 0.25) is 0 Å². The van der Waals surface area contributed by atoms with Gasteiger partial charge in [0.1, 0.15) is 22.7 Å². The van der Waals surface area contributed by atoms with Crippen molar-refractivity contribution in [2.75, 3.05) is 0 Å². The minimum atomic E-state index is -1.08. The molecule has 3 aliphatic rings. The highest BCUT2D eigenvalue weighted by molar-refractivity contribution is 6.32. The zero-order valence-corrected chi connectivity index (χ0v) is 26.6. The van der Waals surface area contributed by atoms with Crippen molar-refractivity contribution in [1.29, 1.82) is 0 Å². The van der Waals surface area contributed by atoms with Crippen molar-refractivity contribution in [2.45, 2.75) is 83.2 Å². The second-order valence-corrected chi connectivity index (χ2v) is 13.0. The molecule has 0 amide bonds. The van der Waals surface area contributed by atoms with E-state index >= 15 is 0 Å². The summed E-state index contributed by atoms with van der Waals surface area (Å²) in [6.45, 7) is 9.16. The quantitative estimate of drug-likeness (QED) is 0.0929. The number of rotatable bonds is 6. The average Bonchev–Trinajstić information content (AvgIpc) is 3.66. The van der Waals surface area contributed by atoms with Gasteiger partial charge in [-0.15, -0.1) is 0 Å². The summed E-state index contributed by atoms with van der Waals surface area (Å²) in [4.78, 5) is 44.6. The predicted octanol–water partition coefficient (Wildman–Crippen LogP) is 6.72. The van der Waals surface area contributed by atoms with Crippen LogP contribution in [0.5, 0.6) is 5.75 Å². The zero-order chi connectivity index (χ0) is 33.4. The number of carbonyl (C=O) groups excluding carboxylic acids is 2. The van der Waals surface area contributed by atoms with Crippen LogP contribution in [0, 0.1) is 6.92 Å². The Morgan fingerprint density at radius 2 is 1.74 bits per heavy atom. The molecule has 0 bridgehead atoms. The van der Waals surface area contributed by atoms with Gasteiger partial charge in [-0.2, -0.15) is 0 Å². The molecule has 11 nitrogen and oxygen atoms in total. The molecule has 1 unspecified atom stereocenters. The number of ketones is 2. The van der Waals surface area contributed by atoms with Crippen LogP contribution in [-0.2, 0) is 26.4 Å². The molecular weight excluding hydrogens is 602 g/mol. The van der Waals surface area contributed by atoms with E-state index in [9.17, 15) is 25.0 Å². The van der Waals surface area contributed by atoms with Gasteiger partial charge in [0.25, 0.3) is 0 Å². The Balaban J connectivity index is 1.29. The molecule has 3 heterocycles. The van der Waals surface area contributed by atoms with Crippen molar-refractivity contribution < 1.29 is 33.3 Å². The highest BCUT2D eigenvalue weighted by Gasteiger charge is 2.53. The van der Waals surface area contributed by atoms with Gasteiger partial charge in [0, 0.05) is 27.7 Å². The van der Waals surface area contributed by atoms with Crippen molar-refractivity contribution in [2.24, 2.45) is 5.11 Å². The number of benzene rings is 3. The van der Waals surface area contributed by atoms with Gasteiger partial charge in [0.2, 0.25) is 5.78 Å². The summed E-state index contributed by atoms with van der Waals surface area (Å²) in [6, 6.07) is 15.5. The summed E-state index contributed by atoms with van der Waals surface area (Å²) in [5.74, 6) is -1.30. The zero-order valence-electron chi connectivity index (χ0n) is 26.6. The van der Waals surface area contributed by atoms with Gasteiger partial charge in [0.15, 0.2) is 11.2 Å². The van der Waals surface area contributed by atoms with E-state index in [0.717, 1.165) is 5.56 Å². The minimum absolute atomic E-state index is 0.0166. The summed E-state index contributed by atoms with van der Waals surface area (Å²) >= 11 is 0. The van der Waals surface area contributed by atoms with E-state index in [0.29, 0.717) is 5.56 Å². The Labute approximate surface area is 269 Å². The molecular formula is C36H33N3O8. The number of epoxide rings is 1. The summed E-state index contributed by atoms with van der Waals surface area (Å²) in [5.41, 5.74) is 8.73. The number of carbonyl (C=O) groups is 2. The number of fused-ring (bicyclic) bond motifs is 4. The number of aryl methyl sites for hydroxylation is 1. The van der Waals surface area contributed by atoms with Crippen molar-refractivity contribution in [3.63, 3.8) is 0 Å². The number of ether oxygens (including phenoxy) is 3. The van der Waals surface area contributed by atoms with Crippen molar-refractivity contribution in [3.05, 3.63) is 120 Å². The molecule has 1 aromatic heterocycles. The topological polar surface area (TPSA) is 164 Å². The smallest absolute Gasteiger partial charge is 0.202 e. The van der Waals surface area contributed by atoms with Crippen LogP contribution in [-0.4, -0.2) is 40.5 Å². The largest absolute Gasteiger partial charge is 0.507 e. The van der Waals surface area contributed by atoms with E-state index in [-0.39, 0.29) is 69.1 Å². The average molecular weight is 636 g/mol. The molecule has 0 saturated carbocycles. The maximum absolute atomic E-state index is 14.3. The monoisotopic (exact) mass is 635 g/mol. The van der Waals surface area contributed by atoms with Crippen LogP contribution >= 0.6 is 0 Å². The lowest BCUT2D eigenvalue weighted by atomic mass is 9.78. The lowest BCUT2D eigenvalue weighted by molar-refractivity contribution is -0.170. The molecule has 1 aliphatic carbocycles. The van der Waals surface area contributed by atoms with Gasteiger partial charge in [0.05, 0.1) is 53.1 Å². The first kappa shape index (κ1) is 30.8. The molecule has 1 N–H and O–H groups in total. The van der Waals surface area contributed by atoms with Crippen LogP contribution in [0.1, 0.15) is 94.5 Å². The number of nitrogens with zero attached hydrogens (tertiary/aromatic N) is 3. The number of azide groups is 1. The van der Waals surface area contributed by atoms with E-state index in [1.54, 1.807) is 33.8 Å². The number of hydrogen-bond donors (Lipinski definition) is 1. The Morgan fingerprint density at radius 3 is 2.43 bits per heavy atom. The lowest BCUT2D eigenvalue weighted by Gasteiger charge is -2.45. The van der Waals surface area contributed by atoms with Crippen molar-refractivity contribution in [3.8, 4) is 5.75 Å². The van der Waals surface area contributed by atoms with E-state index < -0.39 is 46.8 Å². The first-order chi connectivity index (χ1) is 22.4. The molecule has 11 heteroatoms. The van der Waals surface area contributed by atoms with Crippen LogP contribution in [0.25, 0.3) is 21.4 Å². The molecule has 0 spiro atoms. The number of aromatic hydroxyl groups is 1. The van der Waals surface area contributed by atoms with Gasteiger partial charge >= 0.3 is 0 Å². The molecule has 47 heavy (non-hydrogen) atoms. The maximum atomic E-state index is 14.3. The molecule has 240 valence electrons. The SMILES string of the molecule is Cc1cc2c(c3oc([C@]4(C)O[C@H]4C)cc(=O)c13)C(=O)c1c(ccc([C@H]3CC(C)(N=[N+]=[N-])[C@H](OCc4ccccc4)[C@H](C)O3)c1O)C2=O. The Bertz CT molecular complexity index is 2100. The fraction of sp³-hybridized carbons (Fsp3) is 0.361. The lowest BCUT2D eigenvalue weighted by Crippen LogP contribution is -2.52. The summed E-state index contributed by atoms with van der Waals surface area (Å²) in [6.07, 6.45) is -2.07. The van der Waals surface area contributed by atoms with E-state index in [1.807, 2.05) is 37.3 Å². The van der Waals surface area contributed by atoms with E-state index in [2.05, 4.69) is 10.0 Å². The molecule has 4 aromatic rings. The first-order valence-electron chi connectivity index (χ1n) is 15.5. The molecule has 3 aromatic carbocycles. The Hall–Kier alpha value is -4.80. The summed E-state index contributed by atoms with van der Waals surface area (Å²) in [5, 5.41) is 16.0. The van der Waals surface area contributed by atoms with E-state index in [4.69, 9.17) is 18.6 Å². The number of phenolic OH excluding ortho intramolecular Hbond substituents is 1. The highest BCUT2D eigenvalue weighted by Crippen LogP contribution is 2.48. The number of hydrogen-bond acceptors (Lipinski definition) is 9. The van der Waals surface area contributed by atoms with Gasteiger partial charge < -0.3 is 23.7 Å². The van der Waals surface area contributed by atoms with Crippen LogP contribution in [0.3, 0.4) is 0 Å². The summed E-state index contributed by atoms with van der Waals surface area (Å²) in [7, 11) is 0. The molecule has 0 radical (unpaired) electrons. The second-order valence-electron chi connectivity index (χ2n) is 13.0. The first-order valence-corrected chi connectivity index (χ1v) is 15.5. The molecule has 2 saturated heterocycles. The Morgan fingerprint density at radius 1 is 1.02 bits per heavy atom. The van der Waals surface area contributed by atoms with Crippen LogP contribution < -0.4 is 5.43 Å². The van der Waals surface area contributed by atoms with Gasteiger partial charge in [-0.1, -0.05) is 48.4 Å². The highest BCUT2D eigenvalue weighted by atomic mass is 16.6. The fourth-order valence-corrected chi connectivity index (χ4v) is 7.16. The third kappa shape index (κ3) is 4.77. The second kappa shape index (κ2) is 10.9. The Kier molecular flexibility index (Phi) is 7.14. The van der Waals surface area contributed by atoms with Crippen molar-refractivity contribution in [1.82, 2.24) is 0 Å². The molecule has 2 aliphatic heterocycles. The van der Waals surface area contributed by atoms with E-state index in [1.165, 1.54) is 18.2 Å². The van der Waals surface area contributed by atoms with Gasteiger partial charge in [-0.3, -0.25) is 14.4 Å². The third-order valence-corrected chi connectivity index (χ3v) is 9.89. The predicted molar refractivity (Wildman–Crippen MR) is 171 cm³/mol. The molecule has 2 fully saturated rings. The third-order valence-electron chi connectivity index (χ3n) is 9.89.